The maximum absolute atomic E-state index is 12.4. The maximum atomic E-state index is 12.4. The van der Waals surface area contributed by atoms with Gasteiger partial charge >= 0.3 is 0 Å². The first-order valence-corrected chi connectivity index (χ1v) is 7.82. The highest BCUT2D eigenvalue weighted by Gasteiger charge is 2.27. The molecule has 2 rings (SSSR count). The number of hydrogen-bond donors (Lipinski definition) is 1. The summed E-state index contributed by atoms with van der Waals surface area (Å²) in [4.78, 5) is 2.41. The minimum absolute atomic E-state index is 0.293. The molecule has 1 aliphatic heterocycles. The monoisotopic (exact) mass is 284 g/mol. The lowest BCUT2D eigenvalue weighted by atomic mass is 10.1. The summed E-state index contributed by atoms with van der Waals surface area (Å²) in [6.07, 6.45) is -0.583. The number of sulfonamides is 1. The van der Waals surface area contributed by atoms with Crippen LogP contribution in [0.3, 0.4) is 0 Å². The van der Waals surface area contributed by atoms with Crippen LogP contribution in [0.25, 0.3) is 0 Å². The van der Waals surface area contributed by atoms with Crippen LogP contribution in [-0.4, -0.2) is 56.0 Å². The number of hydrogen-bond acceptors (Lipinski definition) is 4. The number of rotatable bonds is 3. The number of aliphatic hydroxyl groups excluding tert-OH is 1. The van der Waals surface area contributed by atoms with E-state index in [0.717, 1.165) is 18.7 Å². The van der Waals surface area contributed by atoms with Gasteiger partial charge in [0.1, 0.15) is 0 Å². The van der Waals surface area contributed by atoms with Gasteiger partial charge in [0.25, 0.3) is 0 Å². The molecule has 6 heteroatoms. The molecular formula is C13H20N2O3S. The smallest absolute Gasteiger partial charge is 0.243 e. The molecule has 106 valence electrons. The molecule has 0 radical (unpaired) electrons. The second kappa shape index (κ2) is 5.58. The van der Waals surface area contributed by atoms with Gasteiger partial charge in [-0.15, -0.1) is 0 Å². The van der Waals surface area contributed by atoms with Gasteiger partial charge in [-0.1, -0.05) is 12.1 Å². The Morgan fingerprint density at radius 2 is 1.63 bits per heavy atom. The summed E-state index contributed by atoms with van der Waals surface area (Å²) in [5.74, 6) is 0. The molecular weight excluding hydrogens is 264 g/mol. The second-order valence-corrected chi connectivity index (χ2v) is 6.89. The van der Waals surface area contributed by atoms with Crippen LogP contribution in [-0.2, 0) is 10.0 Å². The van der Waals surface area contributed by atoms with E-state index in [2.05, 4.69) is 4.90 Å². The molecule has 19 heavy (non-hydrogen) atoms. The normalized spacial score (nSPS) is 20.4. The summed E-state index contributed by atoms with van der Waals surface area (Å²) in [5.41, 5.74) is 0.720. The highest BCUT2D eigenvalue weighted by atomic mass is 32.2. The van der Waals surface area contributed by atoms with Crippen molar-refractivity contribution in [2.24, 2.45) is 0 Å². The molecule has 1 aromatic carbocycles. The van der Waals surface area contributed by atoms with Crippen LogP contribution in [0.4, 0.5) is 0 Å². The Kier molecular flexibility index (Phi) is 4.25. The van der Waals surface area contributed by atoms with E-state index in [1.54, 1.807) is 31.2 Å². The molecule has 0 amide bonds. The van der Waals surface area contributed by atoms with Crippen LogP contribution in [0.2, 0.25) is 0 Å². The quantitative estimate of drug-likeness (QED) is 0.886. The molecule has 0 aliphatic carbocycles. The first-order chi connectivity index (χ1) is 8.91. The third kappa shape index (κ3) is 3.14. The SMILES string of the molecule is CC(O)c1ccc(S(=O)(=O)N2CCN(C)CC2)cc1. The summed E-state index contributed by atoms with van der Waals surface area (Å²) in [6, 6.07) is 6.45. The van der Waals surface area contributed by atoms with Crippen molar-refractivity contribution in [1.82, 2.24) is 9.21 Å². The van der Waals surface area contributed by atoms with Gasteiger partial charge in [0.15, 0.2) is 0 Å². The lowest BCUT2D eigenvalue weighted by Crippen LogP contribution is -2.46. The van der Waals surface area contributed by atoms with Gasteiger partial charge in [-0.25, -0.2) is 8.42 Å². The Morgan fingerprint density at radius 3 is 2.11 bits per heavy atom. The predicted octanol–water partition coefficient (Wildman–Crippen LogP) is 0.676. The molecule has 1 fully saturated rings. The molecule has 0 saturated carbocycles. The van der Waals surface area contributed by atoms with Gasteiger partial charge < -0.3 is 10.0 Å². The molecule has 1 N–H and O–H groups in total. The van der Waals surface area contributed by atoms with Crippen molar-refractivity contribution in [2.45, 2.75) is 17.9 Å². The first-order valence-electron chi connectivity index (χ1n) is 6.38. The Hall–Kier alpha value is -0.950. The topological polar surface area (TPSA) is 60.9 Å². The van der Waals surface area contributed by atoms with Crippen molar-refractivity contribution in [1.29, 1.82) is 0 Å². The van der Waals surface area contributed by atoms with E-state index in [0.29, 0.717) is 18.0 Å². The van der Waals surface area contributed by atoms with E-state index in [-0.39, 0.29) is 0 Å². The summed E-state index contributed by atoms with van der Waals surface area (Å²) in [5, 5.41) is 9.43. The van der Waals surface area contributed by atoms with Crippen molar-refractivity contribution < 1.29 is 13.5 Å². The molecule has 1 atom stereocenters. The molecule has 0 aromatic heterocycles. The Labute approximate surface area is 114 Å². The van der Waals surface area contributed by atoms with Gasteiger partial charge in [0.05, 0.1) is 11.0 Å². The predicted molar refractivity (Wildman–Crippen MR) is 73.3 cm³/mol. The van der Waals surface area contributed by atoms with E-state index >= 15 is 0 Å². The molecule has 1 heterocycles. The van der Waals surface area contributed by atoms with E-state index in [4.69, 9.17) is 0 Å². The molecule has 1 aromatic rings. The third-order valence-electron chi connectivity index (χ3n) is 3.46. The fraction of sp³-hybridized carbons (Fsp3) is 0.538. The third-order valence-corrected chi connectivity index (χ3v) is 5.38. The van der Waals surface area contributed by atoms with E-state index in [1.807, 2.05) is 7.05 Å². The lowest BCUT2D eigenvalue weighted by molar-refractivity contribution is 0.199. The zero-order valence-corrected chi connectivity index (χ0v) is 12.1. The van der Waals surface area contributed by atoms with Gasteiger partial charge in [-0.2, -0.15) is 4.31 Å². The summed E-state index contributed by atoms with van der Waals surface area (Å²) >= 11 is 0. The van der Waals surface area contributed by atoms with Crippen molar-refractivity contribution in [3.05, 3.63) is 29.8 Å². The average Bonchev–Trinajstić information content (AvgIpc) is 2.39. The van der Waals surface area contributed by atoms with E-state index in [9.17, 15) is 13.5 Å². The van der Waals surface area contributed by atoms with Crippen molar-refractivity contribution in [2.75, 3.05) is 33.2 Å². The van der Waals surface area contributed by atoms with Crippen LogP contribution in [0.15, 0.2) is 29.2 Å². The first kappa shape index (κ1) is 14.5. The van der Waals surface area contributed by atoms with Crippen LogP contribution < -0.4 is 0 Å². The largest absolute Gasteiger partial charge is 0.389 e. The number of piperazine rings is 1. The minimum Gasteiger partial charge on any atom is -0.389 e. The Balaban J connectivity index is 2.19. The number of benzene rings is 1. The lowest BCUT2D eigenvalue weighted by Gasteiger charge is -2.31. The molecule has 0 spiro atoms. The fourth-order valence-corrected chi connectivity index (χ4v) is 3.52. The van der Waals surface area contributed by atoms with Crippen molar-refractivity contribution >= 4 is 10.0 Å². The Bertz CT molecular complexity index is 517. The molecule has 1 saturated heterocycles. The number of aliphatic hydroxyl groups is 1. The number of likely N-dealkylation sites (N-methyl/N-ethyl adjacent to an activating group) is 1. The summed E-state index contributed by atoms with van der Waals surface area (Å²) in [6.45, 7) is 4.22. The van der Waals surface area contributed by atoms with E-state index < -0.39 is 16.1 Å². The zero-order valence-electron chi connectivity index (χ0n) is 11.3. The zero-order chi connectivity index (χ0) is 14.0. The highest BCUT2D eigenvalue weighted by molar-refractivity contribution is 7.89. The maximum Gasteiger partial charge on any atom is 0.243 e. The summed E-state index contributed by atoms with van der Waals surface area (Å²) in [7, 11) is -1.42. The van der Waals surface area contributed by atoms with E-state index in [1.165, 1.54) is 4.31 Å². The highest BCUT2D eigenvalue weighted by Crippen LogP contribution is 2.20. The molecule has 5 nitrogen and oxygen atoms in total. The van der Waals surface area contributed by atoms with Crippen LogP contribution in [0.1, 0.15) is 18.6 Å². The van der Waals surface area contributed by atoms with Gasteiger partial charge in [-0.3, -0.25) is 0 Å². The standard InChI is InChI=1S/C13H20N2O3S/c1-11(16)12-3-5-13(6-4-12)19(17,18)15-9-7-14(2)8-10-15/h3-6,11,16H,7-10H2,1-2H3. The number of nitrogens with zero attached hydrogens (tertiary/aromatic N) is 2. The Morgan fingerprint density at radius 1 is 1.11 bits per heavy atom. The molecule has 1 unspecified atom stereocenters. The second-order valence-electron chi connectivity index (χ2n) is 4.95. The van der Waals surface area contributed by atoms with Crippen LogP contribution in [0.5, 0.6) is 0 Å². The van der Waals surface area contributed by atoms with Gasteiger partial charge in [0, 0.05) is 26.2 Å². The van der Waals surface area contributed by atoms with Crippen molar-refractivity contribution in [3.63, 3.8) is 0 Å². The average molecular weight is 284 g/mol. The van der Waals surface area contributed by atoms with Gasteiger partial charge in [-0.05, 0) is 31.7 Å². The van der Waals surface area contributed by atoms with Crippen LogP contribution >= 0.6 is 0 Å². The molecule has 0 bridgehead atoms. The minimum atomic E-state index is -3.40. The fourth-order valence-electron chi connectivity index (χ4n) is 2.10. The van der Waals surface area contributed by atoms with Gasteiger partial charge in [0.2, 0.25) is 10.0 Å². The van der Waals surface area contributed by atoms with Crippen LogP contribution in [0, 0.1) is 0 Å². The molecule has 1 aliphatic rings. The summed E-state index contributed by atoms with van der Waals surface area (Å²) < 4.78 is 26.4. The van der Waals surface area contributed by atoms with Crippen molar-refractivity contribution in [3.8, 4) is 0 Å².